The quantitative estimate of drug-likeness (QED) is 0.232. The Morgan fingerprint density at radius 3 is 0.914 bits per heavy atom. The van der Waals surface area contributed by atoms with E-state index in [4.69, 9.17) is 0 Å². The van der Waals surface area contributed by atoms with Gasteiger partial charge in [-0.3, -0.25) is 0 Å². The van der Waals surface area contributed by atoms with E-state index in [1.165, 1.54) is 55.6 Å². The normalized spacial score (nSPS) is 10.9. The van der Waals surface area contributed by atoms with Crippen LogP contribution in [0, 0.1) is 0 Å². The smallest absolute Gasteiger partial charge is 0.0465 e. The van der Waals surface area contributed by atoms with Crippen LogP contribution in [0.4, 0.5) is 0 Å². The van der Waals surface area contributed by atoms with Crippen molar-refractivity contribution in [3.63, 3.8) is 0 Å². The molecule has 0 radical (unpaired) electrons. The number of rotatable bonds is 5. The average molecular weight is 446 g/mol. The lowest BCUT2D eigenvalue weighted by atomic mass is 9.91. The maximum absolute atomic E-state index is 2.23. The van der Waals surface area contributed by atoms with Gasteiger partial charge in [0.15, 0.2) is 0 Å². The van der Waals surface area contributed by atoms with Gasteiger partial charge in [0.1, 0.15) is 0 Å². The zero-order chi connectivity index (χ0) is 23.5. The summed E-state index contributed by atoms with van der Waals surface area (Å²) in [6.45, 7) is 0. The molecule has 0 amide bonds. The van der Waals surface area contributed by atoms with E-state index >= 15 is 0 Å². The van der Waals surface area contributed by atoms with Crippen LogP contribution in [-0.2, 0) is 0 Å². The van der Waals surface area contributed by atoms with E-state index < -0.39 is 0 Å². The standard InChI is InChI=1S/C35H25/c1-6-16-26(17-7-1)31-32(27-18-8-2-9-19-27)34(29-22-12-4-13-23-29)35(30-24-14-5-15-25-30)33(31)28-20-10-3-11-21-28/h1-25H/q-1. The van der Waals surface area contributed by atoms with Gasteiger partial charge in [0.25, 0.3) is 0 Å². The molecule has 0 aliphatic rings. The molecule has 0 heterocycles. The first-order valence-electron chi connectivity index (χ1n) is 12.1. The zero-order valence-electron chi connectivity index (χ0n) is 19.4. The molecule has 0 aromatic heterocycles. The van der Waals surface area contributed by atoms with Crippen LogP contribution in [-0.4, -0.2) is 0 Å². The van der Waals surface area contributed by atoms with Crippen molar-refractivity contribution in [3.8, 4) is 55.6 Å². The molecule has 0 aliphatic heterocycles. The largest absolute Gasteiger partial charge is 0.0999 e. The summed E-state index contributed by atoms with van der Waals surface area (Å²) >= 11 is 0. The minimum Gasteiger partial charge on any atom is -0.0999 e. The molecule has 0 atom stereocenters. The third-order valence-electron chi connectivity index (χ3n) is 6.56. The van der Waals surface area contributed by atoms with Crippen LogP contribution in [0.15, 0.2) is 152 Å². The topological polar surface area (TPSA) is 0 Å². The summed E-state index contributed by atoms with van der Waals surface area (Å²) < 4.78 is 0. The highest BCUT2D eigenvalue weighted by molar-refractivity contribution is 6.14. The summed E-state index contributed by atoms with van der Waals surface area (Å²) in [6, 6.07) is 54.1. The molecular weight excluding hydrogens is 420 g/mol. The Balaban J connectivity index is 1.86. The summed E-state index contributed by atoms with van der Waals surface area (Å²) in [5.41, 5.74) is 12.5. The first-order chi connectivity index (χ1) is 17.4. The molecule has 0 saturated carbocycles. The Morgan fingerprint density at radius 1 is 0.286 bits per heavy atom. The first kappa shape index (κ1) is 21.0. The van der Waals surface area contributed by atoms with Crippen molar-refractivity contribution in [3.05, 3.63) is 152 Å². The van der Waals surface area contributed by atoms with E-state index in [9.17, 15) is 0 Å². The third kappa shape index (κ3) is 3.90. The van der Waals surface area contributed by atoms with Crippen molar-refractivity contribution in [1.29, 1.82) is 0 Å². The maximum Gasteiger partial charge on any atom is -0.0465 e. The molecular formula is C35H25-. The van der Waals surface area contributed by atoms with E-state index in [0.717, 1.165) is 0 Å². The minimum atomic E-state index is 1.23. The van der Waals surface area contributed by atoms with Gasteiger partial charge in [-0.2, -0.15) is 0 Å². The van der Waals surface area contributed by atoms with Gasteiger partial charge in [-0.1, -0.05) is 196 Å². The molecule has 0 unspecified atom stereocenters. The minimum absolute atomic E-state index is 1.23. The van der Waals surface area contributed by atoms with Gasteiger partial charge >= 0.3 is 0 Å². The van der Waals surface area contributed by atoms with Gasteiger partial charge in [0.2, 0.25) is 0 Å². The molecule has 0 N–H and O–H groups in total. The number of hydrogen-bond donors (Lipinski definition) is 0. The fourth-order valence-corrected chi connectivity index (χ4v) is 5.09. The van der Waals surface area contributed by atoms with Crippen molar-refractivity contribution in [2.24, 2.45) is 0 Å². The molecule has 6 aromatic rings. The lowest BCUT2D eigenvalue weighted by molar-refractivity contribution is 1.61. The lowest BCUT2D eigenvalue weighted by Crippen LogP contribution is -1.85. The molecule has 0 bridgehead atoms. The molecule has 35 heavy (non-hydrogen) atoms. The lowest BCUT2D eigenvalue weighted by Gasteiger charge is -2.17. The second-order valence-electron chi connectivity index (χ2n) is 8.71. The summed E-state index contributed by atoms with van der Waals surface area (Å²) in [6.07, 6.45) is 0. The highest BCUT2D eigenvalue weighted by atomic mass is 14.3. The predicted octanol–water partition coefficient (Wildman–Crippen LogP) is 9.74. The van der Waals surface area contributed by atoms with Gasteiger partial charge in [-0.25, -0.2) is 0 Å². The summed E-state index contributed by atoms with van der Waals surface area (Å²) in [4.78, 5) is 0. The highest BCUT2D eigenvalue weighted by Gasteiger charge is 2.22. The van der Waals surface area contributed by atoms with E-state index in [-0.39, 0.29) is 0 Å². The fraction of sp³-hybridized carbons (Fsp3) is 0. The molecule has 0 heteroatoms. The fourth-order valence-electron chi connectivity index (χ4n) is 5.09. The Bertz CT molecular complexity index is 1230. The summed E-state index contributed by atoms with van der Waals surface area (Å²) in [7, 11) is 0. The van der Waals surface area contributed by atoms with Crippen molar-refractivity contribution in [1.82, 2.24) is 0 Å². The molecule has 0 spiro atoms. The molecule has 6 rings (SSSR count). The predicted molar refractivity (Wildman–Crippen MR) is 149 cm³/mol. The zero-order valence-corrected chi connectivity index (χ0v) is 19.4. The molecule has 166 valence electrons. The first-order valence-corrected chi connectivity index (χ1v) is 12.1. The second-order valence-corrected chi connectivity index (χ2v) is 8.71. The molecule has 6 aromatic carbocycles. The molecule has 0 saturated heterocycles. The Morgan fingerprint density at radius 2 is 0.571 bits per heavy atom. The van der Waals surface area contributed by atoms with Crippen LogP contribution < -0.4 is 0 Å². The van der Waals surface area contributed by atoms with Gasteiger partial charge in [-0.15, -0.1) is 0 Å². The van der Waals surface area contributed by atoms with E-state index in [2.05, 4.69) is 152 Å². The maximum atomic E-state index is 2.23. The monoisotopic (exact) mass is 445 g/mol. The van der Waals surface area contributed by atoms with Crippen LogP contribution in [0.3, 0.4) is 0 Å². The Labute approximate surface area is 207 Å². The van der Waals surface area contributed by atoms with E-state index in [1.807, 2.05) is 0 Å². The van der Waals surface area contributed by atoms with Crippen LogP contribution in [0.25, 0.3) is 55.6 Å². The molecule has 0 nitrogen and oxygen atoms in total. The van der Waals surface area contributed by atoms with Crippen LogP contribution in [0.5, 0.6) is 0 Å². The Hall–Kier alpha value is -4.55. The van der Waals surface area contributed by atoms with Gasteiger partial charge < -0.3 is 0 Å². The SMILES string of the molecule is c1ccc(-c2c(-c3ccccc3)c(-c3ccccc3)[c-](-c3ccccc3)c2-c2ccccc2)cc1. The average Bonchev–Trinajstić information content (AvgIpc) is 3.32. The van der Waals surface area contributed by atoms with Crippen molar-refractivity contribution >= 4 is 0 Å². The van der Waals surface area contributed by atoms with Crippen molar-refractivity contribution in [2.45, 2.75) is 0 Å². The van der Waals surface area contributed by atoms with Crippen LogP contribution >= 0.6 is 0 Å². The van der Waals surface area contributed by atoms with Crippen LogP contribution in [0.2, 0.25) is 0 Å². The Kier molecular flexibility index (Phi) is 5.62. The third-order valence-corrected chi connectivity index (χ3v) is 6.56. The van der Waals surface area contributed by atoms with Crippen molar-refractivity contribution < 1.29 is 0 Å². The molecule has 0 fully saturated rings. The van der Waals surface area contributed by atoms with Crippen molar-refractivity contribution in [2.75, 3.05) is 0 Å². The van der Waals surface area contributed by atoms with E-state index in [1.54, 1.807) is 0 Å². The molecule has 0 aliphatic carbocycles. The van der Waals surface area contributed by atoms with Gasteiger partial charge in [0.05, 0.1) is 0 Å². The van der Waals surface area contributed by atoms with E-state index in [0.29, 0.717) is 0 Å². The van der Waals surface area contributed by atoms with Gasteiger partial charge in [0, 0.05) is 0 Å². The summed E-state index contributed by atoms with van der Waals surface area (Å²) in [5.74, 6) is 0. The van der Waals surface area contributed by atoms with Crippen LogP contribution in [0.1, 0.15) is 0 Å². The number of benzene rings is 5. The second kappa shape index (κ2) is 9.37. The summed E-state index contributed by atoms with van der Waals surface area (Å²) in [5, 5.41) is 0. The highest BCUT2D eigenvalue weighted by Crippen LogP contribution is 2.55. The van der Waals surface area contributed by atoms with Gasteiger partial charge in [-0.05, 0) is 11.1 Å². The number of hydrogen-bond acceptors (Lipinski definition) is 0.